The molecule has 4 rings (SSSR count). The smallest absolute Gasteiger partial charge is 0.376 e. The Morgan fingerprint density at radius 3 is 2.58 bits per heavy atom. The van der Waals surface area contributed by atoms with Crippen molar-refractivity contribution in [2.24, 2.45) is 5.92 Å². The summed E-state index contributed by atoms with van der Waals surface area (Å²) in [4.78, 5) is 4.02. The Kier molecular flexibility index (Phi) is 3.57. The van der Waals surface area contributed by atoms with Gasteiger partial charge in [0.1, 0.15) is 0 Å². The van der Waals surface area contributed by atoms with Crippen LogP contribution in [-0.2, 0) is 6.18 Å². The zero-order valence-electron chi connectivity index (χ0n) is 12.5. The molecule has 124 valence electrons. The SMILES string of the molecule is FC(F)(F)c1ccc(Cl)c2c1[C@@H]1C=CC[C@H]1[C@H](c1ccncc1)N2. The maximum absolute atomic E-state index is 13.5. The molecule has 0 bridgehead atoms. The molecule has 0 saturated heterocycles. The van der Waals surface area contributed by atoms with Gasteiger partial charge in [0.05, 0.1) is 22.3 Å². The quantitative estimate of drug-likeness (QED) is 0.679. The first-order valence-electron chi connectivity index (χ1n) is 7.69. The molecule has 2 aliphatic rings. The Balaban J connectivity index is 1.89. The third-order valence-electron chi connectivity index (χ3n) is 4.84. The van der Waals surface area contributed by atoms with Gasteiger partial charge in [-0.1, -0.05) is 23.8 Å². The van der Waals surface area contributed by atoms with Gasteiger partial charge in [0.25, 0.3) is 0 Å². The fourth-order valence-corrected chi connectivity index (χ4v) is 4.04. The lowest BCUT2D eigenvalue weighted by molar-refractivity contribution is -0.138. The van der Waals surface area contributed by atoms with E-state index in [1.807, 2.05) is 24.3 Å². The molecular weight excluding hydrogens is 337 g/mol. The molecule has 0 unspecified atom stereocenters. The van der Waals surface area contributed by atoms with E-state index in [1.54, 1.807) is 12.4 Å². The van der Waals surface area contributed by atoms with Crippen molar-refractivity contribution in [3.63, 3.8) is 0 Å². The molecule has 0 saturated carbocycles. The van der Waals surface area contributed by atoms with Gasteiger partial charge >= 0.3 is 6.18 Å². The van der Waals surface area contributed by atoms with Crippen molar-refractivity contribution in [3.05, 3.63) is 70.5 Å². The second-order valence-electron chi connectivity index (χ2n) is 6.14. The molecule has 1 aromatic heterocycles. The molecule has 0 fully saturated rings. The number of halogens is 4. The topological polar surface area (TPSA) is 24.9 Å². The molecule has 2 nitrogen and oxygen atoms in total. The highest BCUT2D eigenvalue weighted by atomic mass is 35.5. The van der Waals surface area contributed by atoms with E-state index in [9.17, 15) is 13.2 Å². The predicted molar refractivity (Wildman–Crippen MR) is 87.0 cm³/mol. The standard InChI is InChI=1S/C18H14ClF3N2/c19-14-5-4-13(18(20,21)22)15-11-2-1-3-12(11)16(24-17(14)15)10-6-8-23-9-7-10/h1-2,4-9,11-12,16,24H,3H2/t11-,12-,16+/m1/s1. The van der Waals surface area contributed by atoms with E-state index >= 15 is 0 Å². The van der Waals surface area contributed by atoms with Gasteiger partial charge in [-0.3, -0.25) is 4.98 Å². The lowest BCUT2D eigenvalue weighted by Gasteiger charge is -2.39. The number of anilines is 1. The number of hydrogen-bond donors (Lipinski definition) is 1. The minimum atomic E-state index is -4.40. The number of pyridine rings is 1. The molecule has 1 aliphatic carbocycles. The fourth-order valence-electron chi connectivity index (χ4n) is 3.82. The van der Waals surface area contributed by atoms with E-state index in [2.05, 4.69) is 10.3 Å². The Hall–Kier alpha value is -2.01. The normalized spacial score (nSPS) is 25.1. The van der Waals surface area contributed by atoms with E-state index < -0.39 is 11.7 Å². The van der Waals surface area contributed by atoms with Crippen molar-refractivity contribution in [1.82, 2.24) is 4.98 Å². The number of benzene rings is 1. The summed E-state index contributed by atoms with van der Waals surface area (Å²) in [5.74, 6) is -0.269. The van der Waals surface area contributed by atoms with E-state index in [0.717, 1.165) is 18.1 Å². The van der Waals surface area contributed by atoms with E-state index in [1.165, 1.54) is 6.07 Å². The van der Waals surface area contributed by atoms with Crippen LogP contribution in [0.25, 0.3) is 0 Å². The highest BCUT2D eigenvalue weighted by Crippen LogP contribution is 2.54. The molecule has 2 heterocycles. The number of hydrogen-bond acceptors (Lipinski definition) is 2. The third kappa shape index (κ3) is 2.38. The lowest BCUT2D eigenvalue weighted by Crippen LogP contribution is -2.31. The van der Waals surface area contributed by atoms with Crippen molar-refractivity contribution in [2.45, 2.75) is 24.6 Å². The first-order chi connectivity index (χ1) is 11.5. The maximum Gasteiger partial charge on any atom is 0.416 e. The molecule has 0 spiro atoms. The minimum absolute atomic E-state index is 0.0273. The maximum atomic E-state index is 13.5. The Labute approximate surface area is 142 Å². The van der Waals surface area contributed by atoms with Gasteiger partial charge in [-0.25, -0.2) is 0 Å². The van der Waals surface area contributed by atoms with Crippen molar-refractivity contribution in [3.8, 4) is 0 Å². The first kappa shape index (κ1) is 15.5. The third-order valence-corrected chi connectivity index (χ3v) is 5.15. The second kappa shape index (κ2) is 5.52. The van der Waals surface area contributed by atoms with E-state index in [-0.39, 0.29) is 23.4 Å². The van der Waals surface area contributed by atoms with Crippen LogP contribution in [0, 0.1) is 5.92 Å². The molecule has 6 heteroatoms. The van der Waals surface area contributed by atoms with Gasteiger partial charge in [0, 0.05) is 18.3 Å². The van der Waals surface area contributed by atoms with Crippen LogP contribution in [0.4, 0.5) is 18.9 Å². The largest absolute Gasteiger partial charge is 0.416 e. The number of fused-ring (bicyclic) bond motifs is 3. The van der Waals surface area contributed by atoms with Crippen molar-refractivity contribution in [1.29, 1.82) is 0 Å². The van der Waals surface area contributed by atoms with Crippen LogP contribution in [0.1, 0.15) is 35.1 Å². The highest BCUT2D eigenvalue weighted by molar-refractivity contribution is 6.33. The molecular formula is C18H14ClF3N2. The summed E-state index contributed by atoms with van der Waals surface area (Å²) >= 11 is 6.24. The van der Waals surface area contributed by atoms with Crippen LogP contribution in [0.3, 0.4) is 0 Å². The average molecular weight is 351 g/mol. The van der Waals surface area contributed by atoms with Gasteiger partial charge in [0.15, 0.2) is 0 Å². The summed E-state index contributed by atoms with van der Waals surface area (Å²) in [5, 5.41) is 3.58. The van der Waals surface area contributed by atoms with Gasteiger partial charge in [-0.2, -0.15) is 13.2 Å². The molecule has 0 radical (unpaired) electrons. The molecule has 2 aromatic rings. The van der Waals surface area contributed by atoms with Gasteiger partial charge in [0.2, 0.25) is 0 Å². The van der Waals surface area contributed by atoms with E-state index in [4.69, 9.17) is 11.6 Å². The molecule has 1 aliphatic heterocycles. The van der Waals surface area contributed by atoms with Crippen LogP contribution in [-0.4, -0.2) is 4.98 Å². The Morgan fingerprint density at radius 1 is 1.12 bits per heavy atom. The van der Waals surface area contributed by atoms with Crippen LogP contribution in [0.2, 0.25) is 5.02 Å². The summed E-state index contributed by atoms with van der Waals surface area (Å²) in [5.41, 5.74) is 1.05. The number of nitrogens with zero attached hydrogens (tertiary/aromatic N) is 1. The monoisotopic (exact) mass is 350 g/mol. The summed E-state index contributed by atoms with van der Waals surface area (Å²) in [7, 11) is 0. The minimum Gasteiger partial charge on any atom is -0.376 e. The molecule has 0 amide bonds. The fraction of sp³-hybridized carbons (Fsp3) is 0.278. The average Bonchev–Trinajstić information content (AvgIpc) is 3.04. The highest BCUT2D eigenvalue weighted by Gasteiger charge is 2.44. The van der Waals surface area contributed by atoms with Crippen LogP contribution in [0.5, 0.6) is 0 Å². The number of allylic oxidation sites excluding steroid dienone is 2. The Bertz CT molecular complexity index is 802. The summed E-state index contributed by atoms with van der Waals surface area (Å²) < 4.78 is 40.4. The van der Waals surface area contributed by atoms with Crippen LogP contribution < -0.4 is 5.32 Å². The number of alkyl halides is 3. The van der Waals surface area contributed by atoms with Crippen molar-refractivity contribution >= 4 is 17.3 Å². The number of nitrogens with one attached hydrogen (secondary N) is 1. The zero-order valence-corrected chi connectivity index (χ0v) is 13.3. The van der Waals surface area contributed by atoms with Gasteiger partial charge in [-0.15, -0.1) is 0 Å². The van der Waals surface area contributed by atoms with Gasteiger partial charge in [-0.05, 0) is 47.7 Å². The lowest BCUT2D eigenvalue weighted by atomic mass is 9.75. The predicted octanol–water partition coefficient (Wildman–Crippen LogP) is 5.58. The summed E-state index contributed by atoms with van der Waals surface area (Å²) in [6.07, 6.45) is 3.55. The zero-order chi connectivity index (χ0) is 16.9. The molecule has 24 heavy (non-hydrogen) atoms. The molecule has 1 N–H and O–H groups in total. The first-order valence-corrected chi connectivity index (χ1v) is 8.07. The number of aromatic nitrogens is 1. The molecule has 3 atom stereocenters. The summed E-state index contributed by atoms with van der Waals surface area (Å²) in [6, 6.07) is 6.08. The summed E-state index contributed by atoms with van der Waals surface area (Å²) in [6.45, 7) is 0. The van der Waals surface area contributed by atoms with Crippen LogP contribution in [0.15, 0.2) is 48.8 Å². The Morgan fingerprint density at radius 2 is 1.88 bits per heavy atom. The molecule has 1 aromatic carbocycles. The van der Waals surface area contributed by atoms with E-state index in [0.29, 0.717) is 10.7 Å². The van der Waals surface area contributed by atoms with Crippen molar-refractivity contribution < 1.29 is 13.2 Å². The van der Waals surface area contributed by atoms with Crippen LogP contribution >= 0.6 is 11.6 Å². The van der Waals surface area contributed by atoms with Crippen molar-refractivity contribution in [2.75, 3.05) is 5.32 Å². The number of rotatable bonds is 1. The second-order valence-corrected chi connectivity index (χ2v) is 6.54. The van der Waals surface area contributed by atoms with Gasteiger partial charge < -0.3 is 5.32 Å².